The molecule has 0 bridgehead atoms. The van der Waals surface area contributed by atoms with E-state index in [1.54, 1.807) is 0 Å². The molecule has 0 spiro atoms. The molecule has 1 aromatic rings. The highest BCUT2D eigenvalue weighted by atomic mass is 127. The number of nitrogens with one attached hydrogen (secondary N) is 1. The molecule has 1 N–H and O–H groups in total. The topological polar surface area (TPSA) is 66.1 Å². The van der Waals surface area contributed by atoms with E-state index in [1.807, 2.05) is 0 Å². The minimum absolute atomic E-state index is 0. The van der Waals surface area contributed by atoms with Gasteiger partial charge in [-0.2, -0.15) is 0 Å². The zero-order chi connectivity index (χ0) is 19.8. The average molecular weight is 519 g/mol. The lowest BCUT2D eigenvalue weighted by atomic mass is 9.99. The second-order valence-electron chi connectivity index (χ2n) is 7.92. The summed E-state index contributed by atoms with van der Waals surface area (Å²) in [5, 5.41) is 7.71. The van der Waals surface area contributed by atoms with E-state index in [-0.39, 0.29) is 24.0 Å². The zero-order valence-corrected chi connectivity index (χ0v) is 20.6. The maximum Gasteiger partial charge on any atom is 0.194 e. The third-order valence-corrected chi connectivity index (χ3v) is 5.91. The van der Waals surface area contributed by atoms with Crippen molar-refractivity contribution < 1.29 is 9.26 Å². The molecular formula is C21H38IN5O2. The first-order chi connectivity index (χ1) is 13.7. The molecule has 0 amide bonds. The van der Waals surface area contributed by atoms with Crippen molar-refractivity contribution in [2.45, 2.75) is 52.5 Å². The largest absolute Gasteiger partial charge is 0.379 e. The van der Waals surface area contributed by atoms with Crippen molar-refractivity contribution in [2.75, 3.05) is 52.5 Å². The van der Waals surface area contributed by atoms with Crippen molar-refractivity contribution in [3.05, 3.63) is 17.5 Å². The van der Waals surface area contributed by atoms with Crippen LogP contribution >= 0.6 is 24.0 Å². The van der Waals surface area contributed by atoms with Crippen LogP contribution in [0.3, 0.4) is 0 Å². The summed E-state index contributed by atoms with van der Waals surface area (Å²) in [5.74, 6) is 3.02. The van der Waals surface area contributed by atoms with Gasteiger partial charge in [0.2, 0.25) is 0 Å². The Hall–Kier alpha value is -0.870. The third kappa shape index (κ3) is 7.10. The van der Waals surface area contributed by atoms with Crippen LogP contribution in [0.25, 0.3) is 0 Å². The number of ether oxygens (including phenoxy) is 1. The molecule has 1 atom stereocenters. The van der Waals surface area contributed by atoms with Crippen molar-refractivity contribution in [1.82, 2.24) is 20.3 Å². The predicted octanol–water partition coefficient (Wildman–Crippen LogP) is 3.32. The molecule has 2 saturated heterocycles. The van der Waals surface area contributed by atoms with Crippen LogP contribution in [-0.2, 0) is 11.3 Å². The Morgan fingerprint density at radius 3 is 2.69 bits per heavy atom. The Bertz CT molecular complexity index is 614. The monoisotopic (exact) mass is 519 g/mol. The highest BCUT2D eigenvalue weighted by molar-refractivity contribution is 14.0. The Morgan fingerprint density at radius 2 is 2.00 bits per heavy atom. The molecule has 3 heterocycles. The molecular weight excluding hydrogens is 481 g/mol. The number of morpholine rings is 1. The number of rotatable bonds is 8. The summed E-state index contributed by atoms with van der Waals surface area (Å²) < 4.78 is 11.0. The minimum Gasteiger partial charge on any atom is -0.379 e. The van der Waals surface area contributed by atoms with E-state index in [4.69, 9.17) is 14.3 Å². The Labute approximate surface area is 192 Å². The lowest BCUT2D eigenvalue weighted by Gasteiger charge is -2.29. The number of hydrogen-bond acceptors (Lipinski definition) is 5. The number of nitrogens with zero attached hydrogens (tertiary/aromatic N) is 4. The lowest BCUT2D eigenvalue weighted by Crippen LogP contribution is -2.42. The van der Waals surface area contributed by atoms with Crippen molar-refractivity contribution in [2.24, 2.45) is 10.9 Å². The third-order valence-electron chi connectivity index (χ3n) is 5.91. The van der Waals surface area contributed by atoms with E-state index < -0.39 is 0 Å². The number of aromatic nitrogens is 1. The van der Waals surface area contributed by atoms with Gasteiger partial charge in [0, 0.05) is 51.3 Å². The highest BCUT2D eigenvalue weighted by Crippen LogP contribution is 2.23. The van der Waals surface area contributed by atoms with Gasteiger partial charge in [-0.3, -0.25) is 4.90 Å². The summed E-state index contributed by atoms with van der Waals surface area (Å²) >= 11 is 0. The van der Waals surface area contributed by atoms with Gasteiger partial charge in [0.1, 0.15) is 6.54 Å². The smallest absolute Gasteiger partial charge is 0.194 e. The fourth-order valence-corrected chi connectivity index (χ4v) is 4.20. The van der Waals surface area contributed by atoms with Gasteiger partial charge in [0.05, 0.1) is 18.9 Å². The first-order valence-corrected chi connectivity index (χ1v) is 11.0. The lowest BCUT2D eigenvalue weighted by molar-refractivity contribution is 0.0315. The summed E-state index contributed by atoms with van der Waals surface area (Å²) in [5.41, 5.74) is 1.06. The van der Waals surface area contributed by atoms with Gasteiger partial charge >= 0.3 is 0 Å². The van der Waals surface area contributed by atoms with Crippen molar-refractivity contribution in [3.8, 4) is 0 Å². The normalized spacial score (nSPS) is 20.9. The Balaban J connectivity index is 0.00000300. The molecule has 0 saturated carbocycles. The number of aliphatic imine (C=N–C) groups is 1. The van der Waals surface area contributed by atoms with Crippen LogP contribution in [0.4, 0.5) is 0 Å². The fourth-order valence-electron chi connectivity index (χ4n) is 4.20. The number of likely N-dealkylation sites (tertiary alicyclic amines) is 1. The molecule has 3 rings (SSSR count). The van der Waals surface area contributed by atoms with E-state index in [1.165, 1.54) is 13.0 Å². The molecule has 7 nitrogen and oxygen atoms in total. The molecule has 29 heavy (non-hydrogen) atoms. The van der Waals surface area contributed by atoms with Gasteiger partial charge in [-0.05, 0) is 32.1 Å². The Morgan fingerprint density at radius 1 is 1.24 bits per heavy atom. The van der Waals surface area contributed by atoms with E-state index in [0.29, 0.717) is 18.4 Å². The molecule has 166 valence electrons. The van der Waals surface area contributed by atoms with Crippen LogP contribution < -0.4 is 5.32 Å². The molecule has 2 aliphatic heterocycles. The van der Waals surface area contributed by atoms with E-state index >= 15 is 0 Å². The summed E-state index contributed by atoms with van der Waals surface area (Å²) in [7, 11) is 0. The standard InChI is InChI=1S/C21H37N5O2.HI/c1-4-18(5-2)20-13-19(28-24-20)14-23-21(22-6-3)26-8-7-17(16-26)15-25-9-11-27-12-10-25;/h13,17-18H,4-12,14-16H2,1-3H3,(H,22,23);1H. The number of halogens is 1. The number of guanidine groups is 1. The van der Waals surface area contributed by atoms with Crippen molar-refractivity contribution in [3.63, 3.8) is 0 Å². The average Bonchev–Trinajstić information content (AvgIpc) is 3.37. The van der Waals surface area contributed by atoms with Crippen LogP contribution in [0, 0.1) is 5.92 Å². The molecule has 2 aliphatic rings. The van der Waals surface area contributed by atoms with Crippen LogP contribution in [0.15, 0.2) is 15.6 Å². The predicted molar refractivity (Wildman–Crippen MR) is 127 cm³/mol. The fraction of sp³-hybridized carbons (Fsp3) is 0.810. The maximum absolute atomic E-state index is 5.54. The second kappa shape index (κ2) is 12.7. The van der Waals surface area contributed by atoms with Crippen molar-refractivity contribution in [1.29, 1.82) is 0 Å². The number of hydrogen-bond donors (Lipinski definition) is 1. The van der Waals surface area contributed by atoms with Crippen LogP contribution in [-0.4, -0.2) is 73.4 Å². The van der Waals surface area contributed by atoms with Gasteiger partial charge in [-0.25, -0.2) is 4.99 Å². The molecule has 0 radical (unpaired) electrons. The summed E-state index contributed by atoms with van der Waals surface area (Å²) in [6.45, 7) is 15.1. The van der Waals surface area contributed by atoms with E-state index in [0.717, 1.165) is 76.2 Å². The zero-order valence-electron chi connectivity index (χ0n) is 18.2. The van der Waals surface area contributed by atoms with E-state index in [9.17, 15) is 0 Å². The second-order valence-corrected chi connectivity index (χ2v) is 7.92. The van der Waals surface area contributed by atoms with Gasteiger partial charge in [-0.1, -0.05) is 19.0 Å². The summed E-state index contributed by atoms with van der Waals surface area (Å²) in [6, 6.07) is 2.08. The van der Waals surface area contributed by atoms with Crippen LogP contribution in [0.1, 0.15) is 57.4 Å². The molecule has 0 aliphatic carbocycles. The minimum atomic E-state index is 0. The summed E-state index contributed by atoms with van der Waals surface area (Å²) in [4.78, 5) is 9.77. The molecule has 1 unspecified atom stereocenters. The highest BCUT2D eigenvalue weighted by Gasteiger charge is 2.27. The van der Waals surface area contributed by atoms with E-state index in [2.05, 4.69) is 47.1 Å². The Kier molecular flexibility index (Phi) is 10.7. The van der Waals surface area contributed by atoms with Gasteiger partial charge < -0.3 is 19.5 Å². The molecule has 1 aromatic heterocycles. The summed E-state index contributed by atoms with van der Waals surface area (Å²) in [6.07, 6.45) is 3.41. The SMILES string of the molecule is CCNC(=NCc1cc(C(CC)CC)no1)N1CCC(CN2CCOCC2)C1.I. The quantitative estimate of drug-likeness (QED) is 0.323. The van der Waals surface area contributed by atoms with Crippen molar-refractivity contribution >= 4 is 29.9 Å². The first-order valence-electron chi connectivity index (χ1n) is 11.0. The van der Waals surface area contributed by atoms with Gasteiger partial charge in [-0.15, -0.1) is 24.0 Å². The maximum atomic E-state index is 5.54. The van der Waals surface area contributed by atoms with Crippen LogP contribution in [0.2, 0.25) is 0 Å². The van der Waals surface area contributed by atoms with Gasteiger partial charge in [0.15, 0.2) is 11.7 Å². The van der Waals surface area contributed by atoms with Crippen LogP contribution in [0.5, 0.6) is 0 Å². The molecule has 2 fully saturated rings. The molecule has 0 aromatic carbocycles. The first kappa shape index (κ1) is 24.4. The molecule has 8 heteroatoms. The van der Waals surface area contributed by atoms with Gasteiger partial charge in [0.25, 0.3) is 0 Å².